The summed E-state index contributed by atoms with van der Waals surface area (Å²) in [5.41, 5.74) is 1.55. The van der Waals surface area contributed by atoms with E-state index in [1.807, 2.05) is 23.1 Å². The molecule has 0 saturated heterocycles. The maximum atomic E-state index is 13.1. The van der Waals surface area contributed by atoms with E-state index < -0.39 is 11.2 Å². The lowest BCUT2D eigenvalue weighted by atomic mass is 10.0. The zero-order valence-electron chi connectivity index (χ0n) is 18.8. The molecule has 1 amide bonds. The average molecular weight is 454 g/mol. The zero-order valence-corrected chi connectivity index (χ0v) is 19.6. The molecule has 0 bridgehead atoms. The Hall–Kier alpha value is -2.94. The van der Waals surface area contributed by atoms with Crippen LogP contribution in [0.1, 0.15) is 31.7 Å². The van der Waals surface area contributed by atoms with Gasteiger partial charge in [0, 0.05) is 32.7 Å². The highest BCUT2D eigenvalue weighted by molar-refractivity contribution is 8.00. The highest BCUT2D eigenvalue weighted by Gasteiger charge is 2.24. The number of benzene rings is 1. The van der Waals surface area contributed by atoms with Crippen molar-refractivity contribution in [1.82, 2.24) is 19.1 Å². The van der Waals surface area contributed by atoms with Gasteiger partial charge >= 0.3 is 5.69 Å². The molecule has 0 aliphatic carbocycles. The Morgan fingerprint density at radius 3 is 2.62 bits per heavy atom. The fourth-order valence-electron chi connectivity index (χ4n) is 4.03. The van der Waals surface area contributed by atoms with Crippen LogP contribution in [-0.4, -0.2) is 37.3 Å². The number of carbonyl (C=O) groups is 1. The number of hydrogen-bond acceptors (Lipinski definition) is 6. The first kappa shape index (κ1) is 22.3. The van der Waals surface area contributed by atoms with Crippen LogP contribution in [0.15, 0.2) is 38.9 Å². The smallest absolute Gasteiger partial charge is 0.311 e. The number of anilines is 1. The van der Waals surface area contributed by atoms with Crippen molar-refractivity contribution in [3.8, 4) is 0 Å². The zero-order chi connectivity index (χ0) is 23.0. The Balaban J connectivity index is 1.72. The van der Waals surface area contributed by atoms with Crippen molar-refractivity contribution in [2.45, 2.75) is 38.1 Å². The molecule has 2 aromatic heterocycles. The molecule has 0 saturated carbocycles. The van der Waals surface area contributed by atoms with Gasteiger partial charge in [0.25, 0.3) is 5.56 Å². The Morgan fingerprint density at radius 1 is 1.12 bits per heavy atom. The molecular formula is C23H27N5O3S. The number of amides is 1. The molecule has 0 atom stereocenters. The third kappa shape index (κ3) is 4.09. The van der Waals surface area contributed by atoms with E-state index in [0.717, 1.165) is 23.1 Å². The van der Waals surface area contributed by atoms with Crippen LogP contribution < -0.4 is 16.1 Å². The standard InChI is InChI=1S/C23H27N5O3S/c1-14(2)12-17-24-20-19(22(30)27(4)23(31)26(20)3)21(25-17)32-13-18(29)28-11-7-9-15-8-5-6-10-16(15)28/h5-6,8,10,14H,7,9,11-13H2,1-4H3. The van der Waals surface area contributed by atoms with E-state index in [0.29, 0.717) is 35.4 Å². The predicted molar refractivity (Wildman–Crippen MR) is 126 cm³/mol. The maximum absolute atomic E-state index is 13.1. The number of para-hydroxylation sites is 1. The molecule has 0 radical (unpaired) electrons. The molecule has 1 aliphatic heterocycles. The van der Waals surface area contributed by atoms with Crippen molar-refractivity contribution in [3.05, 3.63) is 56.5 Å². The van der Waals surface area contributed by atoms with Gasteiger partial charge in [-0.2, -0.15) is 0 Å². The van der Waals surface area contributed by atoms with Crippen LogP contribution in [0.3, 0.4) is 0 Å². The van der Waals surface area contributed by atoms with E-state index in [2.05, 4.69) is 29.9 Å². The first-order chi connectivity index (χ1) is 15.3. The molecule has 4 rings (SSSR count). The molecule has 1 aromatic carbocycles. The molecule has 32 heavy (non-hydrogen) atoms. The lowest BCUT2D eigenvalue weighted by Gasteiger charge is -2.29. The molecule has 0 spiro atoms. The van der Waals surface area contributed by atoms with E-state index in [9.17, 15) is 14.4 Å². The first-order valence-corrected chi connectivity index (χ1v) is 11.7. The third-order valence-corrected chi connectivity index (χ3v) is 6.61. The quantitative estimate of drug-likeness (QED) is 0.435. The molecule has 0 fully saturated rings. The number of hydrogen-bond donors (Lipinski definition) is 0. The van der Waals surface area contributed by atoms with E-state index in [1.54, 1.807) is 7.05 Å². The second-order valence-electron chi connectivity index (χ2n) is 8.51. The number of thioether (sulfide) groups is 1. The van der Waals surface area contributed by atoms with Gasteiger partial charge in [-0.15, -0.1) is 0 Å². The van der Waals surface area contributed by atoms with Gasteiger partial charge in [-0.3, -0.25) is 18.7 Å². The Labute approximate surface area is 190 Å². The summed E-state index contributed by atoms with van der Waals surface area (Å²) >= 11 is 1.23. The van der Waals surface area contributed by atoms with Crippen LogP contribution in [0.4, 0.5) is 5.69 Å². The summed E-state index contributed by atoms with van der Waals surface area (Å²) in [4.78, 5) is 49.5. The van der Waals surface area contributed by atoms with E-state index >= 15 is 0 Å². The molecule has 3 heterocycles. The van der Waals surface area contributed by atoms with Gasteiger partial charge in [-0.25, -0.2) is 14.8 Å². The minimum absolute atomic E-state index is 0.0269. The van der Waals surface area contributed by atoms with Gasteiger partial charge in [-0.05, 0) is 30.4 Å². The number of carbonyl (C=O) groups excluding carboxylic acids is 1. The van der Waals surface area contributed by atoms with Crippen LogP contribution in [0, 0.1) is 5.92 Å². The molecule has 9 heteroatoms. The fraction of sp³-hybridized carbons (Fsp3) is 0.435. The summed E-state index contributed by atoms with van der Waals surface area (Å²) < 4.78 is 2.43. The number of nitrogens with zero attached hydrogens (tertiary/aromatic N) is 5. The van der Waals surface area contributed by atoms with Gasteiger partial charge < -0.3 is 4.90 Å². The third-order valence-electron chi connectivity index (χ3n) is 5.65. The van der Waals surface area contributed by atoms with Crippen LogP contribution in [0.2, 0.25) is 0 Å². The van der Waals surface area contributed by atoms with Gasteiger partial charge in [0.05, 0.1) is 5.75 Å². The lowest BCUT2D eigenvalue weighted by Crippen LogP contribution is -2.38. The van der Waals surface area contributed by atoms with Crippen molar-refractivity contribution >= 4 is 34.4 Å². The molecular weight excluding hydrogens is 426 g/mol. The number of aryl methyl sites for hydroxylation is 2. The Bertz CT molecular complexity index is 1310. The van der Waals surface area contributed by atoms with Crippen LogP contribution in [-0.2, 0) is 31.7 Å². The normalized spacial score (nSPS) is 13.6. The minimum atomic E-state index is -0.447. The monoisotopic (exact) mass is 453 g/mol. The second-order valence-corrected chi connectivity index (χ2v) is 9.48. The molecule has 168 valence electrons. The second kappa shape index (κ2) is 8.90. The van der Waals surface area contributed by atoms with Crippen molar-refractivity contribution in [2.75, 3.05) is 17.2 Å². The van der Waals surface area contributed by atoms with Crippen LogP contribution in [0.5, 0.6) is 0 Å². The number of rotatable bonds is 5. The van der Waals surface area contributed by atoms with Crippen molar-refractivity contribution in [1.29, 1.82) is 0 Å². The topological polar surface area (TPSA) is 90.1 Å². The van der Waals surface area contributed by atoms with Gasteiger partial charge in [-0.1, -0.05) is 43.8 Å². The van der Waals surface area contributed by atoms with E-state index in [-0.39, 0.29) is 17.0 Å². The highest BCUT2D eigenvalue weighted by Crippen LogP contribution is 2.29. The summed E-state index contributed by atoms with van der Waals surface area (Å²) in [5.74, 6) is 0.989. The average Bonchev–Trinajstić information content (AvgIpc) is 2.78. The van der Waals surface area contributed by atoms with Crippen molar-refractivity contribution in [3.63, 3.8) is 0 Å². The Morgan fingerprint density at radius 2 is 1.88 bits per heavy atom. The van der Waals surface area contributed by atoms with E-state index in [4.69, 9.17) is 0 Å². The molecule has 1 aliphatic rings. The summed E-state index contributed by atoms with van der Waals surface area (Å²) in [6, 6.07) is 7.97. The summed E-state index contributed by atoms with van der Waals surface area (Å²) in [7, 11) is 3.04. The predicted octanol–water partition coefficient (Wildman–Crippen LogP) is 2.30. The molecule has 0 unspecified atom stereocenters. The summed E-state index contributed by atoms with van der Waals surface area (Å²) in [6.07, 6.45) is 2.50. The van der Waals surface area contributed by atoms with Crippen LogP contribution in [0.25, 0.3) is 11.0 Å². The van der Waals surface area contributed by atoms with Gasteiger partial charge in [0.2, 0.25) is 5.91 Å². The van der Waals surface area contributed by atoms with Gasteiger partial charge in [0.15, 0.2) is 5.65 Å². The Kier molecular flexibility index (Phi) is 6.19. The van der Waals surface area contributed by atoms with Crippen molar-refractivity contribution < 1.29 is 4.79 Å². The van der Waals surface area contributed by atoms with Crippen LogP contribution >= 0.6 is 11.8 Å². The van der Waals surface area contributed by atoms with Gasteiger partial charge in [0.1, 0.15) is 16.2 Å². The first-order valence-electron chi connectivity index (χ1n) is 10.8. The lowest BCUT2D eigenvalue weighted by molar-refractivity contribution is -0.116. The maximum Gasteiger partial charge on any atom is 0.332 e. The summed E-state index contributed by atoms with van der Waals surface area (Å²) in [5, 5.41) is 0.722. The largest absolute Gasteiger partial charge is 0.332 e. The number of fused-ring (bicyclic) bond motifs is 2. The molecule has 3 aromatic rings. The number of aromatic nitrogens is 4. The summed E-state index contributed by atoms with van der Waals surface area (Å²) in [6.45, 7) is 4.79. The SMILES string of the molecule is CC(C)Cc1nc(SCC(=O)N2CCCc3ccccc32)c2c(=O)n(C)c(=O)n(C)c2n1. The van der Waals surface area contributed by atoms with Crippen molar-refractivity contribution in [2.24, 2.45) is 20.0 Å². The molecule has 8 nitrogen and oxygen atoms in total. The fourth-order valence-corrected chi connectivity index (χ4v) is 4.94. The molecule has 0 N–H and O–H groups in total. The highest BCUT2D eigenvalue weighted by atomic mass is 32.2. The van der Waals surface area contributed by atoms with E-state index in [1.165, 1.54) is 28.9 Å². The minimum Gasteiger partial charge on any atom is -0.311 e.